The third-order valence-corrected chi connectivity index (χ3v) is 3.94. The normalized spacial score (nSPS) is 13.4. The zero-order chi connectivity index (χ0) is 16.8. The number of rotatable bonds is 2. The Bertz CT molecular complexity index is 772. The van der Waals surface area contributed by atoms with Crippen molar-refractivity contribution in [2.45, 2.75) is 53.0 Å². The van der Waals surface area contributed by atoms with Crippen LogP contribution in [0.1, 0.15) is 55.1 Å². The zero-order valence-corrected chi connectivity index (χ0v) is 14.3. The van der Waals surface area contributed by atoms with Gasteiger partial charge >= 0.3 is 5.97 Å². The van der Waals surface area contributed by atoms with E-state index in [1.54, 1.807) is 6.92 Å². The molecular weight excluding hydrogens is 292 g/mol. The first-order valence-corrected chi connectivity index (χ1v) is 7.95. The second kappa shape index (κ2) is 5.44. The first-order valence-electron chi connectivity index (χ1n) is 7.95. The first-order chi connectivity index (χ1) is 10.8. The molecule has 3 rings (SSSR count). The molecule has 0 unspecified atom stereocenters. The molecule has 0 saturated heterocycles. The van der Waals surface area contributed by atoms with E-state index in [1.165, 1.54) is 0 Å². The molecule has 2 aromatic heterocycles. The maximum atomic E-state index is 12.3. The Morgan fingerprint density at radius 3 is 2.74 bits per heavy atom. The van der Waals surface area contributed by atoms with E-state index in [0.29, 0.717) is 12.3 Å². The van der Waals surface area contributed by atoms with Crippen molar-refractivity contribution in [3.05, 3.63) is 28.8 Å². The number of aromatic nitrogens is 4. The number of esters is 1. The lowest BCUT2D eigenvalue weighted by molar-refractivity contribution is 0.0516. The van der Waals surface area contributed by atoms with Gasteiger partial charge in [0.1, 0.15) is 5.82 Å². The molecule has 0 aromatic carbocycles. The average Bonchev–Trinajstić information content (AvgIpc) is 2.87. The van der Waals surface area contributed by atoms with E-state index in [0.717, 1.165) is 41.2 Å². The monoisotopic (exact) mass is 314 g/mol. The van der Waals surface area contributed by atoms with Crippen LogP contribution in [-0.4, -0.2) is 32.3 Å². The molecule has 122 valence electrons. The number of hydrogen-bond acceptors (Lipinski definition) is 5. The van der Waals surface area contributed by atoms with Gasteiger partial charge in [0.15, 0.2) is 5.69 Å². The van der Waals surface area contributed by atoms with E-state index >= 15 is 0 Å². The van der Waals surface area contributed by atoms with Gasteiger partial charge in [-0.2, -0.15) is 5.10 Å². The second-order valence-electron chi connectivity index (χ2n) is 6.77. The first kappa shape index (κ1) is 15.6. The smallest absolute Gasteiger partial charge is 0.359 e. The molecule has 0 N–H and O–H groups in total. The van der Waals surface area contributed by atoms with E-state index in [4.69, 9.17) is 4.74 Å². The minimum absolute atomic E-state index is 0.262. The molecule has 0 aliphatic heterocycles. The molecule has 0 atom stereocenters. The molecular formula is C17H22N4O2. The fourth-order valence-electron chi connectivity index (χ4n) is 2.92. The molecule has 0 spiro atoms. The van der Waals surface area contributed by atoms with Crippen LogP contribution in [0.4, 0.5) is 0 Å². The van der Waals surface area contributed by atoms with Gasteiger partial charge in [0, 0.05) is 11.8 Å². The number of fused-ring (bicyclic) bond motifs is 3. The topological polar surface area (TPSA) is 69.9 Å². The Morgan fingerprint density at radius 2 is 2.09 bits per heavy atom. The molecule has 1 aliphatic rings. The predicted octanol–water partition coefficient (Wildman–Crippen LogP) is 2.68. The van der Waals surface area contributed by atoms with E-state index in [1.807, 2.05) is 17.8 Å². The molecule has 2 aromatic rings. The summed E-state index contributed by atoms with van der Waals surface area (Å²) in [6, 6.07) is 0. The number of ether oxygens (including phenoxy) is 1. The minimum Gasteiger partial charge on any atom is -0.461 e. The molecule has 0 bridgehead atoms. The Morgan fingerprint density at radius 1 is 1.35 bits per heavy atom. The van der Waals surface area contributed by atoms with Crippen molar-refractivity contribution in [2.24, 2.45) is 0 Å². The summed E-state index contributed by atoms with van der Waals surface area (Å²) in [5, 5.41) is 4.59. The number of carbonyl (C=O) groups excluding carboxylic acids is 1. The van der Waals surface area contributed by atoms with Crippen molar-refractivity contribution in [1.82, 2.24) is 19.7 Å². The fourth-order valence-corrected chi connectivity index (χ4v) is 2.92. The lowest BCUT2D eigenvalue weighted by atomic mass is 9.92. The quantitative estimate of drug-likeness (QED) is 0.797. The Balaban J connectivity index is 2.27. The van der Waals surface area contributed by atoms with Gasteiger partial charge in [0.25, 0.3) is 0 Å². The third kappa shape index (κ3) is 2.62. The van der Waals surface area contributed by atoms with Gasteiger partial charge in [0.05, 0.1) is 23.5 Å². The van der Waals surface area contributed by atoms with Gasteiger partial charge in [-0.3, -0.25) is 4.68 Å². The van der Waals surface area contributed by atoms with E-state index in [9.17, 15) is 4.79 Å². The van der Waals surface area contributed by atoms with Crippen LogP contribution in [0, 0.1) is 6.92 Å². The molecule has 23 heavy (non-hydrogen) atoms. The Kier molecular flexibility index (Phi) is 3.70. The fraction of sp³-hybridized carbons (Fsp3) is 0.529. The summed E-state index contributed by atoms with van der Waals surface area (Å²) in [7, 11) is 0. The van der Waals surface area contributed by atoms with Gasteiger partial charge in [0.2, 0.25) is 0 Å². The zero-order valence-electron chi connectivity index (χ0n) is 14.3. The van der Waals surface area contributed by atoms with Crippen molar-refractivity contribution in [3.63, 3.8) is 0 Å². The number of aryl methyl sites for hydroxylation is 2. The molecule has 6 nitrogen and oxygen atoms in total. The Hall–Kier alpha value is -2.24. The van der Waals surface area contributed by atoms with Crippen LogP contribution in [-0.2, 0) is 23.1 Å². The molecule has 1 aliphatic carbocycles. The van der Waals surface area contributed by atoms with Crippen molar-refractivity contribution in [3.8, 4) is 11.4 Å². The highest BCUT2D eigenvalue weighted by atomic mass is 16.5. The van der Waals surface area contributed by atoms with Gasteiger partial charge < -0.3 is 4.74 Å². The molecule has 0 fully saturated rings. The van der Waals surface area contributed by atoms with Crippen LogP contribution in [0.25, 0.3) is 11.4 Å². The highest BCUT2D eigenvalue weighted by Gasteiger charge is 2.33. The third-order valence-electron chi connectivity index (χ3n) is 3.94. The predicted molar refractivity (Wildman–Crippen MR) is 86.4 cm³/mol. The van der Waals surface area contributed by atoms with Crippen molar-refractivity contribution in [2.75, 3.05) is 6.61 Å². The van der Waals surface area contributed by atoms with E-state index in [-0.39, 0.29) is 11.5 Å². The highest BCUT2D eigenvalue weighted by molar-refractivity contribution is 5.91. The van der Waals surface area contributed by atoms with Crippen LogP contribution in [0.2, 0.25) is 0 Å². The van der Waals surface area contributed by atoms with Crippen molar-refractivity contribution < 1.29 is 9.53 Å². The van der Waals surface area contributed by atoms with Gasteiger partial charge in [-0.05, 0) is 53.0 Å². The summed E-state index contributed by atoms with van der Waals surface area (Å²) in [6.07, 6.45) is 3.44. The summed E-state index contributed by atoms with van der Waals surface area (Å²) >= 11 is 0. The summed E-state index contributed by atoms with van der Waals surface area (Å²) in [4.78, 5) is 21.2. The van der Waals surface area contributed by atoms with Crippen molar-refractivity contribution in [1.29, 1.82) is 0 Å². The summed E-state index contributed by atoms with van der Waals surface area (Å²) < 4.78 is 7.09. The molecule has 0 amide bonds. The molecule has 0 radical (unpaired) electrons. The molecule has 2 heterocycles. The minimum atomic E-state index is -0.360. The van der Waals surface area contributed by atoms with Crippen LogP contribution >= 0.6 is 0 Å². The summed E-state index contributed by atoms with van der Waals surface area (Å²) in [5.74, 6) is 0.358. The van der Waals surface area contributed by atoms with Crippen LogP contribution in [0.3, 0.4) is 0 Å². The van der Waals surface area contributed by atoms with E-state index < -0.39 is 0 Å². The molecule has 6 heteroatoms. The average molecular weight is 314 g/mol. The second-order valence-corrected chi connectivity index (χ2v) is 6.77. The lowest BCUT2D eigenvalue weighted by Gasteiger charge is -2.25. The van der Waals surface area contributed by atoms with Gasteiger partial charge in [-0.15, -0.1) is 0 Å². The van der Waals surface area contributed by atoms with Crippen LogP contribution < -0.4 is 0 Å². The lowest BCUT2D eigenvalue weighted by Crippen LogP contribution is -2.25. The van der Waals surface area contributed by atoms with Gasteiger partial charge in [-0.25, -0.2) is 14.8 Å². The van der Waals surface area contributed by atoms with Crippen LogP contribution in [0.15, 0.2) is 6.20 Å². The summed E-state index contributed by atoms with van der Waals surface area (Å²) in [5.41, 5.74) is 4.00. The van der Waals surface area contributed by atoms with Gasteiger partial charge in [-0.1, -0.05) is 0 Å². The van der Waals surface area contributed by atoms with Crippen LogP contribution in [0.5, 0.6) is 0 Å². The van der Waals surface area contributed by atoms with E-state index in [2.05, 4.69) is 35.8 Å². The molecule has 0 saturated carbocycles. The highest BCUT2D eigenvalue weighted by Crippen LogP contribution is 2.36. The standard InChI is InChI=1S/C17H22N4O2/c1-6-23-16(22)14-12-8-7-11-9-18-10(2)19-13(11)15(12)21(20-14)17(3,4)5/h9H,6-8H2,1-5H3. The summed E-state index contributed by atoms with van der Waals surface area (Å²) in [6.45, 7) is 10.2. The number of carbonyl (C=O) groups is 1. The van der Waals surface area contributed by atoms with Crippen molar-refractivity contribution >= 4 is 5.97 Å². The maximum Gasteiger partial charge on any atom is 0.359 e. The number of hydrogen-bond donors (Lipinski definition) is 0. The number of nitrogens with zero attached hydrogens (tertiary/aromatic N) is 4. The largest absolute Gasteiger partial charge is 0.461 e. The Labute approximate surface area is 135 Å². The SMILES string of the molecule is CCOC(=O)c1nn(C(C)(C)C)c2c1CCc1cnc(C)nc1-2. The maximum absolute atomic E-state index is 12.3.